The fourth-order valence-electron chi connectivity index (χ4n) is 3.85. The number of hydrogen-bond acceptors (Lipinski definition) is 7. The van der Waals surface area contributed by atoms with Crippen LogP contribution in [0.15, 0.2) is 48.5 Å². The third kappa shape index (κ3) is 7.00. The van der Waals surface area contributed by atoms with E-state index in [4.69, 9.17) is 9.47 Å². The van der Waals surface area contributed by atoms with Gasteiger partial charge in [0.15, 0.2) is 5.37 Å². The summed E-state index contributed by atoms with van der Waals surface area (Å²) in [5.74, 6) is -2.87. The lowest BCUT2D eigenvalue weighted by molar-refractivity contribution is -0.161. The van der Waals surface area contributed by atoms with E-state index < -0.39 is 58.5 Å². The van der Waals surface area contributed by atoms with Gasteiger partial charge in [-0.2, -0.15) is 0 Å². The normalized spacial score (nSPS) is 19.2. The van der Waals surface area contributed by atoms with Gasteiger partial charge in [-0.3, -0.25) is 9.59 Å². The Kier molecular flexibility index (Phi) is 8.80. The summed E-state index contributed by atoms with van der Waals surface area (Å²) in [6.45, 7) is 6.35. The van der Waals surface area contributed by atoms with Crippen LogP contribution < -0.4 is 10.6 Å². The summed E-state index contributed by atoms with van der Waals surface area (Å²) in [6, 6.07) is 10.9. The molecule has 1 aliphatic heterocycles. The molecule has 9 nitrogen and oxygen atoms in total. The van der Waals surface area contributed by atoms with Crippen molar-refractivity contribution < 1.29 is 33.0 Å². The number of ether oxygens (including phenoxy) is 2. The molecular weight excluding hydrogens is 501 g/mol. The molecule has 37 heavy (non-hydrogen) atoms. The Labute approximate surface area is 219 Å². The number of rotatable bonds is 6. The van der Waals surface area contributed by atoms with Gasteiger partial charge in [0.1, 0.15) is 16.7 Å². The Bertz CT molecular complexity index is 1180. The summed E-state index contributed by atoms with van der Waals surface area (Å²) in [6.07, 6.45) is 0. The van der Waals surface area contributed by atoms with E-state index in [-0.39, 0.29) is 5.56 Å². The first-order chi connectivity index (χ1) is 17.4. The Balaban J connectivity index is 1.91. The Morgan fingerprint density at radius 3 is 2.38 bits per heavy atom. The predicted octanol–water partition coefficient (Wildman–Crippen LogP) is 3.78. The highest BCUT2D eigenvalue weighted by molar-refractivity contribution is 8.02. The number of anilines is 1. The van der Waals surface area contributed by atoms with Crippen molar-refractivity contribution in [2.24, 2.45) is 0 Å². The van der Waals surface area contributed by atoms with Crippen molar-refractivity contribution in [2.75, 3.05) is 19.0 Å². The summed E-state index contributed by atoms with van der Waals surface area (Å²) in [4.78, 5) is 52.8. The monoisotopic (exact) mass is 531 g/mol. The molecule has 0 aromatic heterocycles. The summed E-state index contributed by atoms with van der Waals surface area (Å²) < 4.78 is 25.3. The Morgan fingerprint density at radius 1 is 1.05 bits per heavy atom. The van der Waals surface area contributed by atoms with Gasteiger partial charge in [-0.1, -0.05) is 30.3 Å². The molecule has 2 aromatic rings. The second-order valence-electron chi connectivity index (χ2n) is 9.41. The number of aryl methyl sites for hydroxylation is 1. The van der Waals surface area contributed by atoms with Crippen LogP contribution in [-0.2, 0) is 23.9 Å². The van der Waals surface area contributed by atoms with Gasteiger partial charge in [-0.15, -0.1) is 11.8 Å². The smallest absolute Gasteiger partial charge is 0.340 e. The summed E-state index contributed by atoms with van der Waals surface area (Å²) in [5.41, 5.74) is 0.622. The van der Waals surface area contributed by atoms with E-state index in [1.165, 1.54) is 25.3 Å². The van der Waals surface area contributed by atoms with Crippen LogP contribution in [0.25, 0.3) is 0 Å². The molecule has 1 saturated heterocycles. The van der Waals surface area contributed by atoms with Gasteiger partial charge in [-0.25, -0.2) is 14.0 Å². The third-order valence-corrected chi connectivity index (χ3v) is 6.77. The van der Waals surface area contributed by atoms with Crippen LogP contribution in [0.5, 0.6) is 0 Å². The van der Waals surface area contributed by atoms with Crippen LogP contribution >= 0.6 is 11.8 Å². The highest BCUT2D eigenvalue weighted by Gasteiger charge is 2.53. The minimum absolute atomic E-state index is 0.0361. The molecule has 0 aliphatic carbocycles. The van der Waals surface area contributed by atoms with Crippen LogP contribution in [0.3, 0.4) is 0 Å². The fraction of sp³-hybridized carbons (Fsp3) is 0.385. The standard InChI is InChI=1S/C26H30FN3O6S/c1-15-9-8-10-16(13-15)29-25(34)28-14-19(31)30-20(17-11-6-7-12-18(17)27)21(23(32)35-5)37-22(30)24(33)36-26(2,3)4/h6-13,20-22H,14H2,1-5H3,(H2,28,29,34)/t20-,21+,22-/m0/s1. The van der Waals surface area contributed by atoms with Crippen molar-refractivity contribution in [1.29, 1.82) is 0 Å². The van der Waals surface area contributed by atoms with Crippen molar-refractivity contribution in [3.8, 4) is 0 Å². The Hall–Kier alpha value is -3.60. The molecule has 3 atom stereocenters. The van der Waals surface area contributed by atoms with Crippen LogP contribution in [-0.4, -0.2) is 58.7 Å². The number of amides is 3. The van der Waals surface area contributed by atoms with Gasteiger partial charge in [0.25, 0.3) is 0 Å². The van der Waals surface area contributed by atoms with E-state index in [1.807, 2.05) is 13.0 Å². The molecule has 2 aromatic carbocycles. The molecule has 3 amide bonds. The highest BCUT2D eigenvalue weighted by atomic mass is 32.2. The molecule has 2 N–H and O–H groups in total. The van der Waals surface area contributed by atoms with Crippen molar-refractivity contribution in [3.63, 3.8) is 0 Å². The highest BCUT2D eigenvalue weighted by Crippen LogP contribution is 2.46. The molecule has 0 spiro atoms. The van der Waals surface area contributed by atoms with Crippen molar-refractivity contribution in [1.82, 2.24) is 10.2 Å². The molecule has 3 rings (SSSR count). The summed E-state index contributed by atoms with van der Waals surface area (Å²) in [5, 5.41) is 2.71. The first kappa shape index (κ1) is 28.0. The number of urea groups is 1. The van der Waals surface area contributed by atoms with Gasteiger partial charge >= 0.3 is 18.0 Å². The number of halogens is 1. The average molecular weight is 532 g/mol. The fourth-order valence-corrected chi connectivity index (χ4v) is 5.30. The van der Waals surface area contributed by atoms with Gasteiger partial charge in [0.05, 0.1) is 19.7 Å². The van der Waals surface area contributed by atoms with E-state index in [9.17, 15) is 23.6 Å². The maximum atomic E-state index is 14.9. The minimum Gasteiger partial charge on any atom is -0.468 e. The zero-order valence-corrected chi connectivity index (χ0v) is 22.1. The van der Waals surface area contributed by atoms with Crippen molar-refractivity contribution >= 4 is 41.3 Å². The van der Waals surface area contributed by atoms with E-state index in [1.54, 1.807) is 45.0 Å². The van der Waals surface area contributed by atoms with Crippen LogP contribution in [0.4, 0.5) is 14.9 Å². The molecular formula is C26H30FN3O6S. The third-order valence-electron chi connectivity index (χ3n) is 5.34. The topological polar surface area (TPSA) is 114 Å². The molecule has 1 heterocycles. The average Bonchev–Trinajstić information content (AvgIpc) is 3.22. The number of thioether (sulfide) groups is 1. The molecule has 1 fully saturated rings. The number of methoxy groups -OCH3 is 1. The number of carbonyl (C=O) groups excluding carboxylic acids is 4. The number of benzene rings is 2. The number of hydrogen-bond donors (Lipinski definition) is 2. The van der Waals surface area contributed by atoms with Crippen LogP contribution in [0.2, 0.25) is 0 Å². The minimum atomic E-state index is -1.28. The lowest BCUT2D eigenvalue weighted by Crippen LogP contribution is -2.48. The molecule has 1 aliphatic rings. The summed E-state index contributed by atoms with van der Waals surface area (Å²) in [7, 11) is 1.17. The molecule has 0 unspecified atom stereocenters. The second-order valence-corrected chi connectivity index (χ2v) is 10.6. The number of esters is 2. The van der Waals surface area contributed by atoms with Crippen LogP contribution in [0.1, 0.15) is 37.9 Å². The predicted molar refractivity (Wildman–Crippen MR) is 137 cm³/mol. The van der Waals surface area contributed by atoms with Gasteiger partial charge in [0.2, 0.25) is 5.91 Å². The van der Waals surface area contributed by atoms with E-state index in [0.29, 0.717) is 5.69 Å². The quantitative estimate of drug-likeness (QED) is 0.546. The maximum Gasteiger partial charge on any atom is 0.340 e. The van der Waals surface area contributed by atoms with E-state index in [2.05, 4.69) is 10.6 Å². The number of nitrogens with zero attached hydrogens (tertiary/aromatic N) is 1. The molecule has 198 valence electrons. The zero-order chi connectivity index (χ0) is 27.3. The molecule has 0 radical (unpaired) electrons. The lowest BCUT2D eigenvalue weighted by Gasteiger charge is -2.31. The molecule has 11 heteroatoms. The van der Waals surface area contributed by atoms with Gasteiger partial charge in [-0.05, 0) is 51.5 Å². The SMILES string of the molecule is COC(=O)[C@@H]1S[C@@H](C(=O)OC(C)(C)C)N(C(=O)CNC(=O)Nc2cccc(C)c2)[C@H]1c1ccccc1F. The largest absolute Gasteiger partial charge is 0.468 e. The Morgan fingerprint density at radius 2 is 1.76 bits per heavy atom. The van der Waals surface area contributed by atoms with E-state index >= 15 is 0 Å². The first-order valence-corrected chi connectivity index (χ1v) is 12.5. The zero-order valence-electron chi connectivity index (χ0n) is 21.2. The summed E-state index contributed by atoms with van der Waals surface area (Å²) >= 11 is 0.840. The lowest BCUT2D eigenvalue weighted by atomic mass is 10.0. The van der Waals surface area contributed by atoms with Crippen LogP contribution in [0, 0.1) is 12.7 Å². The van der Waals surface area contributed by atoms with Crippen molar-refractivity contribution in [2.45, 2.75) is 50.0 Å². The van der Waals surface area contributed by atoms with Crippen molar-refractivity contribution in [3.05, 3.63) is 65.5 Å². The molecule has 0 saturated carbocycles. The van der Waals surface area contributed by atoms with Gasteiger partial charge in [0, 0.05) is 11.3 Å². The first-order valence-electron chi connectivity index (χ1n) is 11.5. The van der Waals surface area contributed by atoms with E-state index in [0.717, 1.165) is 22.2 Å². The van der Waals surface area contributed by atoms with Gasteiger partial charge < -0.3 is 25.0 Å². The second kappa shape index (κ2) is 11.6. The number of carbonyl (C=O) groups is 4. The maximum absolute atomic E-state index is 14.9. The molecule has 0 bridgehead atoms. The number of nitrogens with one attached hydrogen (secondary N) is 2.